The number of hydrogen-bond donors (Lipinski definition) is 0. The highest BCUT2D eigenvalue weighted by Gasteiger charge is 2.36. The van der Waals surface area contributed by atoms with Crippen LogP contribution in [0.25, 0.3) is 17.4 Å². The van der Waals surface area contributed by atoms with Crippen LogP contribution in [-0.2, 0) is 16.1 Å². The van der Waals surface area contributed by atoms with Gasteiger partial charge in [0, 0.05) is 27.2 Å². The van der Waals surface area contributed by atoms with Crippen LogP contribution in [0.4, 0.5) is 4.79 Å². The molecule has 0 saturated carbocycles. The van der Waals surface area contributed by atoms with E-state index >= 15 is 0 Å². The second-order valence-corrected chi connectivity index (χ2v) is 8.55. The van der Waals surface area contributed by atoms with E-state index in [0.29, 0.717) is 32.7 Å². The standard InChI is InChI=1S/C23H15Cl2NO5S/c1-30-22(28)14-7-5-13(6-8-14)19-10-9-15(31-19)11-20-21(27)26(23(29)32-20)12-16-17(24)3-2-4-18(16)25/h2-11H,12H2,1H3/b20-11+. The van der Waals surface area contributed by atoms with Gasteiger partial charge in [0.2, 0.25) is 0 Å². The number of hydrogen-bond acceptors (Lipinski definition) is 6. The number of furan rings is 1. The fourth-order valence-corrected chi connectivity index (χ4v) is 4.42. The van der Waals surface area contributed by atoms with Gasteiger partial charge in [-0.1, -0.05) is 41.4 Å². The lowest BCUT2D eigenvalue weighted by Gasteiger charge is -2.14. The van der Waals surface area contributed by atoms with Crippen molar-refractivity contribution in [3.05, 3.63) is 86.4 Å². The number of amides is 2. The molecule has 0 bridgehead atoms. The Kier molecular flexibility index (Phi) is 6.41. The molecule has 0 aliphatic carbocycles. The van der Waals surface area contributed by atoms with Gasteiger partial charge in [-0.3, -0.25) is 14.5 Å². The number of rotatable bonds is 5. The number of methoxy groups -OCH3 is 1. The summed E-state index contributed by atoms with van der Waals surface area (Å²) in [5, 5.41) is 0.353. The fraction of sp³-hybridized carbons (Fsp3) is 0.0870. The van der Waals surface area contributed by atoms with Crippen LogP contribution in [-0.4, -0.2) is 29.1 Å². The first-order valence-corrected chi connectivity index (χ1v) is 10.9. The van der Waals surface area contributed by atoms with Crippen LogP contribution < -0.4 is 0 Å². The Hall–Kier alpha value is -3.00. The number of imide groups is 1. The molecule has 1 saturated heterocycles. The first kappa shape index (κ1) is 22.2. The van der Waals surface area contributed by atoms with Crippen molar-refractivity contribution in [2.45, 2.75) is 6.54 Å². The quantitative estimate of drug-likeness (QED) is 0.311. The van der Waals surface area contributed by atoms with E-state index in [1.165, 1.54) is 13.2 Å². The van der Waals surface area contributed by atoms with Gasteiger partial charge in [-0.05, 0) is 48.2 Å². The average Bonchev–Trinajstić information content (AvgIpc) is 3.35. The molecule has 2 amide bonds. The summed E-state index contributed by atoms with van der Waals surface area (Å²) < 4.78 is 10.5. The molecular formula is C23H15Cl2NO5S. The van der Waals surface area contributed by atoms with E-state index in [2.05, 4.69) is 4.74 Å². The summed E-state index contributed by atoms with van der Waals surface area (Å²) in [6, 6.07) is 15.2. The van der Waals surface area contributed by atoms with E-state index in [4.69, 9.17) is 27.6 Å². The number of esters is 1. The van der Waals surface area contributed by atoms with E-state index in [9.17, 15) is 14.4 Å². The van der Waals surface area contributed by atoms with E-state index in [-0.39, 0.29) is 11.4 Å². The van der Waals surface area contributed by atoms with Crippen LogP contribution in [0, 0.1) is 0 Å². The Morgan fingerprint density at radius 3 is 2.41 bits per heavy atom. The molecule has 9 heteroatoms. The SMILES string of the molecule is COC(=O)c1ccc(-c2ccc(/C=C3/SC(=O)N(Cc4c(Cl)cccc4Cl)C3=O)o2)cc1. The molecule has 0 unspecified atom stereocenters. The monoisotopic (exact) mass is 487 g/mol. The van der Waals surface area contributed by atoms with Crippen LogP contribution in [0.2, 0.25) is 10.0 Å². The van der Waals surface area contributed by atoms with Gasteiger partial charge in [0.1, 0.15) is 11.5 Å². The summed E-state index contributed by atoms with van der Waals surface area (Å²) in [6.07, 6.45) is 1.52. The summed E-state index contributed by atoms with van der Waals surface area (Å²) in [7, 11) is 1.32. The highest BCUT2D eigenvalue weighted by atomic mass is 35.5. The summed E-state index contributed by atoms with van der Waals surface area (Å²) >= 11 is 13.2. The fourth-order valence-electron chi connectivity index (χ4n) is 3.08. The first-order valence-electron chi connectivity index (χ1n) is 9.34. The van der Waals surface area contributed by atoms with Gasteiger partial charge < -0.3 is 9.15 Å². The van der Waals surface area contributed by atoms with Crippen LogP contribution in [0.5, 0.6) is 0 Å². The van der Waals surface area contributed by atoms with Crippen LogP contribution >= 0.6 is 35.0 Å². The number of benzene rings is 2. The maximum Gasteiger partial charge on any atom is 0.337 e. The third-order valence-corrected chi connectivity index (χ3v) is 6.36. The molecule has 4 rings (SSSR count). The molecule has 1 aliphatic rings. The van der Waals surface area contributed by atoms with E-state index in [1.807, 2.05) is 0 Å². The first-order chi connectivity index (χ1) is 15.4. The molecule has 1 fully saturated rings. The van der Waals surface area contributed by atoms with Crippen molar-refractivity contribution in [1.29, 1.82) is 0 Å². The Labute approximate surface area is 197 Å². The van der Waals surface area contributed by atoms with Crippen molar-refractivity contribution >= 4 is 58.2 Å². The predicted molar refractivity (Wildman–Crippen MR) is 123 cm³/mol. The lowest BCUT2D eigenvalue weighted by molar-refractivity contribution is -0.123. The van der Waals surface area contributed by atoms with Gasteiger partial charge in [-0.25, -0.2) is 4.79 Å². The minimum atomic E-state index is -0.448. The molecule has 0 atom stereocenters. The lowest BCUT2D eigenvalue weighted by Crippen LogP contribution is -2.27. The summed E-state index contributed by atoms with van der Waals surface area (Å²) in [5.41, 5.74) is 1.68. The topological polar surface area (TPSA) is 76.8 Å². The van der Waals surface area contributed by atoms with E-state index < -0.39 is 17.1 Å². The van der Waals surface area contributed by atoms with Crippen molar-refractivity contribution in [3.8, 4) is 11.3 Å². The Balaban J connectivity index is 1.52. The minimum absolute atomic E-state index is 0.0174. The molecule has 2 aromatic carbocycles. The van der Waals surface area contributed by atoms with Crippen LogP contribution in [0.1, 0.15) is 21.7 Å². The van der Waals surface area contributed by atoms with Crippen LogP contribution in [0.3, 0.4) is 0 Å². The third-order valence-electron chi connectivity index (χ3n) is 4.74. The molecule has 1 aromatic heterocycles. The molecular weight excluding hydrogens is 473 g/mol. The van der Waals surface area contributed by atoms with Gasteiger partial charge in [-0.2, -0.15) is 0 Å². The van der Waals surface area contributed by atoms with Gasteiger partial charge in [0.05, 0.1) is 24.1 Å². The van der Waals surface area contributed by atoms with Gasteiger partial charge in [-0.15, -0.1) is 0 Å². The highest BCUT2D eigenvalue weighted by molar-refractivity contribution is 8.18. The second-order valence-electron chi connectivity index (χ2n) is 6.74. The van der Waals surface area contributed by atoms with Crippen molar-refractivity contribution < 1.29 is 23.5 Å². The number of nitrogens with zero attached hydrogens (tertiary/aromatic N) is 1. The zero-order chi connectivity index (χ0) is 22.8. The Morgan fingerprint density at radius 1 is 1.06 bits per heavy atom. The Bertz CT molecular complexity index is 1230. The molecule has 32 heavy (non-hydrogen) atoms. The highest BCUT2D eigenvalue weighted by Crippen LogP contribution is 2.36. The summed E-state index contributed by atoms with van der Waals surface area (Å²) in [5.74, 6) is 0.0925. The van der Waals surface area contributed by atoms with E-state index in [0.717, 1.165) is 22.2 Å². The predicted octanol–water partition coefficient (Wildman–Crippen LogP) is 6.28. The Morgan fingerprint density at radius 2 is 1.75 bits per heavy atom. The summed E-state index contributed by atoms with van der Waals surface area (Å²) in [6.45, 7) is -0.0174. The molecule has 0 radical (unpaired) electrons. The molecule has 162 valence electrons. The number of thioether (sulfide) groups is 1. The average molecular weight is 488 g/mol. The van der Waals surface area contributed by atoms with Crippen molar-refractivity contribution in [2.24, 2.45) is 0 Å². The maximum atomic E-state index is 12.8. The number of carbonyl (C=O) groups is 3. The molecule has 0 N–H and O–H groups in total. The zero-order valence-electron chi connectivity index (χ0n) is 16.6. The molecule has 0 spiro atoms. The molecule has 6 nitrogen and oxygen atoms in total. The lowest BCUT2D eigenvalue weighted by atomic mass is 10.1. The second kappa shape index (κ2) is 9.24. The van der Waals surface area contributed by atoms with Crippen LogP contribution in [0.15, 0.2) is 63.9 Å². The largest absolute Gasteiger partial charge is 0.465 e. The number of halogens is 2. The third kappa shape index (κ3) is 4.46. The number of carbonyl (C=O) groups excluding carboxylic acids is 3. The van der Waals surface area contributed by atoms with Gasteiger partial charge in [0.25, 0.3) is 11.1 Å². The van der Waals surface area contributed by atoms with Gasteiger partial charge in [0.15, 0.2) is 0 Å². The van der Waals surface area contributed by atoms with Crippen molar-refractivity contribution in [2.75, 3.05) is 7.11 Å². The van der Waals surface area contributed by atoms with Crippen molar-refractivity contribution in [1.82, 2.24) is 4.90 Å². The maximum absolute atomic E-state index is 12.8. The molecule has 3 aromatic rings. The van der Waals surface area contributed by atoms with E-state index in [1.54, 1.807) is 54.6 Å². The van der Waals surface area contributed by atoms with Gasteiger partial charge >= 0.3 is 5.97 Å². The molecule has 2 heterocycles. The minimum Gasteiger partial charge on any atom is -0.465 e. The normalized spacial score (nSPS) is 15.0. The summed E-state index contributed by atoms with van der Waals surface area (Å²) in [4.78, 5) is 38.1. The van der Waals surface area contributed by atoms with Crippen molar-refractivity contribution in [3.63, 3.8) is 0 Å². The zero-order valence-corrected chi connectivity index (χ0v) is 19.0. The number of ether oxygens (including phenoxy) is 1. The smallest absolute Gasteiger partial charge is 0.337 e. The molecule has 1 aliphatic heterocycles.